The summed E-state index contributed by atoms with van der Waals surface area (Å²) >= 11 is 0. The van der Waals surface area contributed by atoms with Crippen LogP contribution in [0.3, 0.4) is 0 Å². The highest BCUT2D eigenvalue weighted by Gasteiger charge is 2.68. The number of aliphatic hydroxyl groups is 2. The number of Topliss-reactive ketones (excluding diaryl/α,β-unsaturated/α-hetero) is 1. The third kappa shape index (κ3) is 2.74. The van der Waals surface area contributed by atoms with Crippen LogP contribution in [-0.4, -0.2) is 40.5 Å². The van der Waals surface area contributed by atoms with Gasteiger partial charge < -0.3 is 10.2 Å². The number of fused-ring (bicyclic) bond motifs is 5. The van der Waals surface area contributed by atoms with Crippen LogP contribution in [0.1, 0.15) is 52.9 Å². The first-order valence-corrected chi connectivity index (χ1v) is 11.3. The van der Waals surface area contributed by atoms with Gasteiger partial charge in [-0.15, -0.1) is 5.73 Å². The maximum absolute atomic E-state index is 13.0. The summed E-state index contributed by atoms with van der Waals surface area (Å²) in [6.45, 7) is 10.1. The summed E-state index contributed by atoms with van der Waals surface area (Å²) in [5.74, 6) is 0.811. The Labute approximate surface area is 180 Å². The van der Waals surface area contributed by atoms with E-state index in [2.05, 4.69) is 49.4 Å². The Morgan fingerprint density at radius 1 is 1.43 bits per heavy atom. The first-order valence-electron chi connectivity index (χ1n) is 11.3. The first-order chi connectivity index (χ1) is 14.1. The molecule has 0 spiro atoms. The zero-order valence-electron chi connectivity index (χ0n) is 18.7. The van der Waals surface area contributed by atoms with E-state index in [1.165, 1.54) is 5.57 Å². The van der Waals surface area contributed by atoms with Gasteiger partial charge in [0.15, 0.2) is 5.78 Å². The van der Waals surface area contributed by atoms with E-state index in [0.29, 0.717) is 18.8 Å². The molecule has 3 fully saturated rings. The monoisotopic (exact) mass is 409 g/mol. The van der Waals surface area contributed by atoms with Crippen molar-refractivity contribution in [2.75, 3.05) is 7.05 Å². The standard InChI is InChI=1S/C26H35NO3/c1-6-7-8-22(29)26(30)12-10-19-18-13-16(2)20-14-17(27-5)9-11-24(20,3)23(18)21(28)15-25(19,26)4/h7,9,11,14,16,18-19,21,23,28,30H,1,8,10,12-13,15H2,2-5H3/t16-,18-,19-,21-,23+,24-,25-,26-/m0/s1. The third-order valence-corrected chi connectivity index (χ3v) is 9.13. The summed E-state index contributed by atoms with van der Waals surface area (Å²) in [4.78, 5) is 17.4. The smallest absolute Gasteiger partial charge is 0.169 e. The molecule has 0 saturated heterocycles. The van der Waals surface area contributed by atoms with E-state index in [4.69, 9.17) is 0 Å². The van der Waals surface area contributed by atoms with Crippen molar-refractivity contribution in [3.05, 3.63) is 42.2 Å². The van der Waals surface area contributed by atoms with E-state index >= 15 is 0 Å². The second kappa shape index (κ2) is 7.15. The normalized spacial score (nSPS) is 48.3. The number of rotatable bonds is 3. The second-order valence-electron chi connectivity index (χ2n) is 10.4. The molecule has 2 N–H and O–H groups in total. The Balaban J connectivity index is 1.74. The van der Waals surface area contributed by atoms with Gasteiger partial charge in [-0.25, -0.2) is 0 Å². The van der Waals surface area contributed by atoms with E-state index in [1.807, 2.05) is 14.0 Å². The lowest BCUT2D eigenvalue weighted by Crippen LogP contribution is -2.62. The Hall–Kier alpha value is -1.74. The Morgan fingerprint density at radius 2 is 2.17 bits per heavy atom. The number of aliphatic imine (C=N–C) groups is 1. The molecule has 0 amide bonds. The quantitative estimate of drug-likeness (QED) is 0.691. The first kappa shape index (κ1) is 21.5. The average Bonchev–Trinajstić information content (AvgIpc) is 2.97. The van der Waals surface area contributed by atoms with Gasteiger partial charge in [0, 0.05) is 30.2 Å². The predicted octanol–water partition coefficient (Wildman–Crippen LogP) is 4.04. The number of allylic oxidation sites excluding steroid dienone is 5. The molecule has 0 aliphatic heterocycles. The Bertz CT molecular complexity index is 894. The van der Waals surface area contributed by atoms with Gasteiger partial charge in [0.2, 0.25) is 0 Å². The van der Waals surface area contributed by atoms with Crippen molar-refractivity contribution in [1.29, 1.82) is 0 Å². The molecule has 8 atom stereocenters. The molecule has 3 saturated carbocycles. The van der Waals surface area contributed by atoms with Gasteiger partial charge in [-0.2, -0.15) is 0 Å². The molecule has 0 aromatic heterocycles. The zero-order valence-corrected chi connectivity index (χ0v) is 18.7. The topological polar surface area (TPSA) is 69.9 Å². The minimum atomic E-state index is -1.39. The molecule has 4 aliphatic carbocycles. The van der Waals surface area contributed by atoms with Crippen molar-refractivity contribution in [3.8, 4) is 0 Å². The third-order valence-electron chi connectivity index (χ3n) is 9.13. The molecule has 162 valence electrons. The van der Waals surface area contributed by atoms with Crippen molar-refractivity contribution < 1.29 is 15.0 Å². The van der Waals surface area contributed by atoms with Crippen molar-refractivity contribution >= 4 is 11.5 Å². The minimum absolute atomic E-state index is 0.0956. The largest absolute Gasteiger partial charge is 0.393 e. The molecule has 0 bridgehead atoms. The molecule has 4 nitrogen and oxygen atoms in total. The molecule has 30 heavy (non-hydrogen) atoms. The fourth-order valence-electron chi connectivity index (χ4n) is 7.69. The van der Waals surface area contributed by atoms with Gasteiger partial charge in [0.05, 0.1) is 11.8 Å². The fourth-order valence-corrected chi connectivity index (χ4v) is 7.69. The summed E-state index contributed by atoms with van der Waals surface area (Å²) in [5, 5.41) is 23.1. The predicted molar refractivity (Wildman–Crippen MR) is 119 cm³/mol. The lowest BCUT2D eigenvalue weighted by atomic mass is 9.44. The summed E-state index contributed by atoms with van der Waals surface area (Å²) in [7, 11) is 1.81. The van der Waals surface area contributed by atoms with Gasteiger partial charge in [-0.3, -0.25) is 9.79 Å². The van der Waals surface area contributed by atoms with Crippen LogP contribution in [0.5, 0.6) is 0 Å². The zero-order chi connectivity index (χ0) is 21.9. The molecule has 4 heteroatoms. The van der Waals surface area contributed by atoms with Gasteiger partial charge in [-0.05, 0) is 61.7 Å². The summed E-state index contributed by atoms with van der Waals surface area (Å²) < 4.78 is 0. The summed E-state index contributed by atoms with van der Waals surface area (Å²) in [6, 6.07) is 0. The highest BCUT2D eigenvalue weighted by molar-refractivity contribution is 6.05. The van der Waals surface area contributed by atoms with Crippen LogP contribution in [0.25, 0.3) is 0 Å². The minimum Gasteiger partial charge on any atom is -0.393 e. The number of carbonyl (C=O) groups excluding carboxylic acids is 1. The molecular formula is C26H35NO3. The van der Waals surface area contributed by atoms with E-state index in [9.17, 15) is 15.0 Å². The number of nitrogens with zero attached hydrogens (tertiary/aromatic N) is 1. The van der Waals surface area contributed by atoms with Crippen molar-refractivity contribution in [2.45, 2.75) is 64.6 Å². The molecule has 4 rings (SSSR count). The van der Waals surface area contributed by atoms with E-state index in [-0.39, 0.29) is 35.4 Å². The highest BCUT2D eigenvalue weighted by atomic mass is 16.3. The van der Waals surface area contributed by atoms with Crippen LogP contribution in [0.4, 0.5) is 0 Å². The summed E-state index contributed by atoms with van der Waals surface area (Å²) in [6.07, 6.45) is 10.5. The van der Waals surface area contributed by atoms with Gasteiger partial charge >= 0.3 is 0 Å². The summed E-state index contributed by atoms with van der Waals surface area (Å²) in [5.41, 5.74) is 2.78. The molecule has 0 aromatic rings. The number of aliphatic hydroxyl groups excluding tert-OH is 1. The maximum Gasteiger partial charge on any atom is 0.169 e. The average molecular weight is 410 g/mol. The van der Waals surface area contributed by atoms with Gasteiger partial charge in [-0.1, -0.05) is 39.0 Å². The van der Waals surface area contributed by atoms with Crippen LogP contribution in [0.2, 0.25) is 0 Å². The van der Waals surface area contributed by atoms with E-state index in [0.717, 1.165) is 18.6 Å². The van der Waals surface area contributed by atoms with Gasteiger partial charge in [0.25, 0.3) is 0 Å². The van der Waals surface area contributed by atoms with Crippen molar-refractivity contribution in [3.63, 3.8) is 0 Å². The lowest BCUT2D eigenvalue weighted by molar-refractivity contribution is -0.177. The van der Waals surface area contributed by atoms with Crippen LogP contribution in [0.15, 0.2) is 47.2 Å². The number of ketones is 1. The SMILES string of the molecule is C=C=CCC(=O)[C@@]1(O)CC[C@H]2[C@@H]3C[C@H](C)C4=CC(=NC)C=C[C@]4(C)[C@H]3[C@@H](O)C[C@@]21C. The molecule has 4 aliphatic rings. The highest BCUT2D eigenvalue weighted by Crippen LogP contribution is 2.67. The van der Waals surface area contributed by atoms with Crippen LogP contribution < -0.4 is 0 Å². The van der Waals surface area contributed by atoms with Crippen LogP contribution in [-0.2, 0) is 4.79 Å². The van der Waals surface area contributed by atoms with Crippen LogP contribution >= 0.6 is 0 Å². The van der Waals surface area contributed by atoms with E-state index in [1.54, 1.807) is 6.08 Å². The van der Waals surface area contributed by atoms with E-state index < -0.39 is 17.1 Å². The maximum atomic E-state index is 13.0. The van der Waals surface area contributed by atoms with Gasteiger partial charge in [0.1, 0.15) is 5.60 Å². The molecule has 0 heterocycles. The number of hydrogen-bond acceptors (Lipinski definition) is 4. The molecule has 0 radical (unpaired) electrons. The van der Waals surface area contributed by atoms with Crippen molar-refractivity contribution in [1.82, 2.24) is 0 Å². The fraction of sp³-hybridized carbons (Fsp3) is 0.654. The van der Waals surface area contributed by atoms with Crippen molar-refractivity contribution in [2.24, 2.45) is 39.5 Å². The molecule has 0 unspecified atom stereocenters. The second-order valence-corrected chi connectivity index (χ2v) is 10.4. The van der Waals surface area contributed by atoms with Crippen LogP contribution in [0, 0.1) is 34.5 Å². The Kier molecular flexibility index (Phi) is 5.12. The number of carbonyl (C=O) groups is 1. The lowest BCUT2D eigenvalue weighted by Gasteiger charge is -2.61. The molecule has 0 aromatic carbocycles. The number of hydrogen-bond donors (Lipinski definition) is 2. The Morgan fingerprint density at radius 3 is 2.83 bits per heavy atom. The molecular weight excluding hydrogens is 374 g/mol.